The summed E-state index contributed by atoms with van der Waals surface area (Å²) < 4.78 is 5.08. The van der Waals surface area contributed by atoms with Gasteiger partial charge < -0.3 is 15.0 Å². The first-order valence-electron chi connectivity index (χ1n) is 9.44. The van der Waals surface area contributed by atoms with Crippen LogP contribution >= 0.6 is 0 Å². The molecule has 6 nitrogen and oxygen atoms in total. The van der Waals surface area contributed by atoms with Gasteiger partial charge in [0.15, 0.2) is 6.61 Å². The molecule has 1 saturated heterocycles. The summed E-state index contributed by atoms with van der Waals surface area (Å²) >= 11 is 0. The number of carbonyl (C=O) groups excluding carboxylic acids is 3. The second kappa shape index (κ2) is 8.83. The fraction of sp³-hybridized carbons (Fsp3) is 0.550. The molecule has 1 atom stereocenters. The maximum Gasteiger partial charge on any atom is 0.326 e. The molecule has 26 heavy (non-hydrogen) atoms. The Kier molecular flexibility index (Phi) is 6.26. The van der Waals surface area contributed by atoms with E-state index in [4.69, 9.17) is 4.74 Å². The maximum atomic E-state index is 12.2. The number of hydrogen-bond acceptors (Lipinski definition) is 4. The molecule has 0 bridgehead atoms. The first-order valence-corrected chi connectivity index (χ1v) is 9.44. The number of carbonyl (C=O) groups is 3. The molecule has 1 aromatic rings. The van der Waals surface area contributed by atoms with Crippen LogP contribution in [0.15, 0.2) is 24.3 Å². The molecule has 0 unspecified atom stereocenters. The minimum absolute atomic E-state index is 0.0114. The van der Waals surface area contributed by atoms with Crippen molar-refractivity contribution in [2.24, 2.45) is 0 Å². The number of ether oxygens (including phenoxy) is 1. The molecule has 3 rings (SSSR count). The molecule has 1 aliphatic carbocycles. The van der Waals surface area contributed by atoms with Crippen LogP contribution in [0.5, 0.6) is 0 Å². The third kappa shape index (κ3) is 4.84. The Balaban J connectivity index is 1.45. The van der Waals surface area contributed by atoms with Crippen LogP contribution in [-0.2, 0) is 25.5 Å². The van der Waals surface area contributed by atoms with E-state index < -0.39 is 5.97 Å². The summed E-state index contributed by atoms with van der Waals surface area (Å²) in [6.07, 6.45) is 6.20. The maximum absolute atomic E-state index is 12.2. The molecule has 1 N–H and O–H groups in total. The van der Waals surface area contributed by atoms with Gasteiger partial charge in [0.05, 0.1) is 6.04 Å². The van der Waals surface area contributed by atoms with E-state index in [1.54, 1.807) is 0 Å². The lowest BCUT2D eigenvalue weighted by atomic mass is 9.88. The van der Waals surface area contributed by atoms with E-state index in [1.807, 2.05) is 18.2 Å². The fourth-order valence-electron chi connectivity index (χ4n) is 3.69. The average Bonchev–Trinajstić information content (AvgIpc) is 2.85. The van der Waals surface area contributed by atoms with Crippen molar-refractivity contribution in [3.63, 3.8) is 0 Å². The van der Waals surface area contributed by atoms with E-state index in [9.17, 15) is 14.4 Å². The number of amides is 2. The van der Waals surface area contributed by atoms with Crippen LogP contribution in [-0.4, -0.2) is 42.4 Å². The monoisotopic (exact) mass is 358 g/mol. The molecule has 0 saturated carbocycles. The van der Waals surface area contributed by atoms with E-state index in [1.165, 1.54) is 10.5 Å². The minimum Gasteiger partial charge on any atom is -0.454 e. The van der Waals surface area contributed by atoms with Gasteiger partial charge in [-0.25, -0.2) is 0 Å². The number of fused-ring (bicyclic) bond motifs is 1. The lowest BCUT2D eigenvalue weighted by Gasteiger charge is -2.26. The Labute approximate surface area is 153 Å². The number of benzene rings is 1. The summed E-state index contributed by atoms with van der Waals surface area (Å²) in [5.74, 6) is -0.843. The second-order valence-corrected chi connectivity index (χ2v) is 7.00. The van der Waals surface area contributed by atoms with Crippen molar-refractivity contribution < 1.29 is 19.1 Å². The Morgan fingerprint density at radius 1 is 1.12 bits per heavy atom. The average molecular weight is 358 g/mol. The van der Waals surface area contributed by atoms with Crippen LogP contribution < -0.4 is 5.32 Å². The molecule has 1 heterocycles. The fourth-order valence-corrected chi connectivity index (χ4v) is 3.69. The Hall–Kier alpha value is -2.37. The standard InChI is InChI=1S/C20H26N2O4/c23-18(21-17-10-6-8-15-7-3-4-9-16(15)17)14-26-20(25)13-22-12-5-1-2-11-19(22)24/h3-4,7,9,17H,1-2,5-6,8,10-14H2,(H,21,23)/t17-/m0/s1. The van der Waals surface area contributed by atoms with Crippen LogP contribution in [0.4, 0.5) is 0 Å². The molecular formula is C20H26N2O4. The van der Waals surface area contributed by atoms with Crippen LogP contribution in [0.1, 0.15) is 55.7 Å². The van der Waals surface area contributed by atoms with Crippen molar-refractivity contribution in [1.82, 2.24) is 10.2 Å². The summed E-state index contributed by atoms with van der Waals surface area (Å²) in [7, 11) is 0. The summed E-state index contributed by atoms with van der Waals surface area (Å²) in [5, 5.41) is 2.96. The minimum atomic E-state index is -0.528. The number of rotatable bonds is 5. The molecule has 0 spiro atoms. The Morgan fingerprint density at radius 2 is 1.96 bits per heavy atom. The van der Waals surface area contributed by atoms with E-state index in [0.29, 0.717) is 13.0 Å². The lowest BCUT2D eigenvalue weighted by Crippen LogP contribution is -2.38. The highest BCUT2D eigenvalue weighted by atomic mass is 16.5. The third-order valence-electron chi connectivity index (χ3n) is 5.06. The quantitative estimate of drug-likeness (QED) is 0.818. The zero-order valence-electron chi connectivity index (χ0n) is 15.0. The van der Waals surface area contributed by atoms with Crippen LogP contribution in [0.25, 0.3) is 0 Å². The van der Waals surface area contributed by atoms with Gasteiger partial charge in [-0.05, 0) is 43.2 Å². The molecule has 140 valence electrons. The van der Waals surface area contributed by atoms with Crippen molar-refractivity contribution in [2.75, 3.05) is 19.7 Å². The first kappa shape index (κ1) is 18.4. The number of likely N-dealkylation sites (tertiary alicyclic amines) is 1. The Bertz CT molecular complexity index is 674. The number of aryl methyl sites for hydroxylation is 1. The molecular weight excluding hydrogens is 332 g/mol. The number of nitrogens with one attached hydrogen (secondary N) is 1. The SMILES string of the molecule is O=C(COC(=O)CN1CCCCCC1=O)N[C@H]1CCCc2ccccc21. The van der Waals surface area contributed by atoms with Crippen molar-refractivity contribution in [3.8, 4) is 0 Å². The first-order chi connectivity index (χ1) is 12.6. The molecule has 6 heteroatoms. The Morgan fingerprint density at radius 3 is 2.85 bits per heavy atom. The molecule has 1 aromatic carbocycles. The zero-order chi connectivity index (χ0) is 18.4. The number of hydrogen-bond donors (Lipinski definition) is 1. The highest BCUT2D eigenvalue weighted by Crippen LogP contribution is 2.29. The summed E-state index contributed by atoms with van der Waals surface area (Å²) in [6.45, 7) is 0.205. The van der Waals surface area contributed by atoms with Crippen molar-refractivity contribution in [3.05, 3.63) is 35.4 Å². The van der Waals surface area contributed by atoms with Crippen LogP contribution in [0, 0.1) is 0 Å². The van der Waals surface area contributed by atoms with Gasteiger partial charge in [0.25, 0.3) is 5.91 Å². The van der Waals surface area contributed by atoms with Crippen molar-refractivity contribution in [2.45, 2.75) is 51.0 Å². The molecule has 0 aromatic heterocycles. The van der Waals surface area contributed by atoms with Crippen LogP contribution in [0.2, 0.25) is 0 Å². The molecule has 2 amide bonds. The normalized spacial score (nSPS) is 20.1. The van der Waals surface area contributed by atoms with Gasteiger partial charge in [-0.3, -0.25) is 14.4 Å². The van der Waals surface area contributed by atoms with Gasteiger partial charge >= 0.3 is 5.97 Å². The molecule has 1 fully saturated rings. The third-order valence-corrected chi connectivity index (χ3v) is 5.06. The second-order valence-electron chi connectivity index (χ2n) is 7.00. The predicted octanol–water partition coefficient (Wildman–Crippen LogP) is 2.13. The largest absolute Gasteiger partial charge is 0.454 e. The van der Waals surface area contributed by atoms with Gasteiger partial charge in [0.2, 0.25) is 5.91 Å². The predicted molar refractivity (Wildman–Crippen MR) is 96.3 cm³/mol. The van der Waals surface area contributed by atoms with Gasteiger partial charge in [-0.1, -0.05) is 30.7 Å². The smallest absolute Gasteiger partial charge is 0.326 e. The van der Waals surface area contributed by atoms with Crippen molar-refractivity contribution >= 4 is 17.8 Å². The summed E-state index contributed by atoms with van der Waals surface area (Å²) in [6, 6.07) is 8.08. The van der Waals surface area contributed by atoms with Crippen molar-refractivity contribution in [1.29, 1.82) is 0 Å². The lowest BCUT2D eigenvalue weighted by molar-refractivity contribution is -0.152. The summed E-state index contributed by atoms with van der Waals surface area (Å²) in [5.41, 5.74) is 2.41. The zero-order valence-corrected chi connectivity index (χ0v) is 15.0. The summed E-state index contributed by atoms with van der Waals surface area (Å²) in [4.78, 5) is 37.6. The highest BCUT2D eigenvalue weighted by Gasteiger charge is 2.23. The van der Waals surface area contributed by atoms with E-state index in [2.05, 4.69) is 11.4 Å². The molecule has 2 aliphatic rings. The topological polar surface area (TPSA) is 75.7 Å². The highest BCUT2D eigenvalue weighted by molar-refractivity contribution is 5.84. The van der Waals surface area contributed by atoms with E-state index in [-0.39, 0.29) is 31.0 Å². The van der Waals surface area contributed by atoms with E-state index in [0.717, 1.165) is 44.1 Å². The van der Waals surface area contributed by atoms with Crippen LogP contribution in [0.3, 0.4) is 0 Å². The van der Waals surface area contributed by atoms with Gasteiger partial charge in [-0.15, -0.1) is 0 Å². The van der Waals surface area contributed by atoms with Gasteiger partial charge in [0, 0.05) is 13.0 Å². The van der Waals surface area contributed by atoms with Gasteiger partial charge in [0.1, 0.15) is 6.54 Å². The number of nitrogens with zero attached hydrogens (tertiary/aromatic N) is 1. The van der Waals surface area contributed by atoms with E-state index >= 15 is 0 Å². The molecule has 0 radical (unpaired) electrons. The molecule has 1 aliphatic heterocycles. The van der Waals surface area contributed by atoms with Gasteiger partial charge in [-0.2, -0.15) is 0 Å². The number of esters is 1.